The molecule has 4 heteroatoms. The van der Waals surface area contributed by atoms with Crippen molar-refractivity contribution in [2.24, 2.45) is 0 Å². The van der Waals surface area contributed by atoms with Crippen LogP contribution in [0.5, 0.6) is 0 Å². The number of hydrogen-bond acceptors (Lipinski definition) is 2. The van der Waals surface area contributed by atoms with E-state index in [1.165, 1.54) is 12.1 Å². The molecule has 0 aliphatic rings. The Morgan fingerprint density at radius 2 is 2.12 bits per heavy atom. The van der Waals surface area contributed by atoms with Gasteiger partial charge in [0.05, 0.1) is 11.7 Å². The molecule has 1 aromatic rings. The Labute approximate surface area is 110 Å². The van der Waals surface area contributed by atoms with E-state index in [-0.39, 0.29) is 5.82 Å². The van der Waals surface area contributed by atoms with Crippen LogP contribution in [-0.4, -0.2) is 23.4 Å². The number of aliphatic hydroxyl groups excluding tert-OH is 1. The second-order valence-corrected chi connectivity index (χ2v) is 5.35. The van der Waals surface area contributed by atoms with E-state index in [1.54, 1.807) is 6.07 Å². The second-order valence-electron chi connectivity index (χ2n) is 4.49. The van der Waals surface area contributed by atoms with Crippen molar-refractivity contribution < 1.29 is 14.2 Å². The molecule has 0 saturated heterocycles. The van der Waals surface area contributed by atoms with Gasteiger partial charge in [0.15, 0.2) is 0 Å². The molecule has 1 unspecified atom stereocenters. The van der Waals surface area contributed by atoms with Crippen molar-refractivity contribution >= 4 is 15.9 Å². The zero-order chi connectivity index (χ0) is 13.1. The summed E-state index contributed by atoms with van der Waals surface area (Å²) < 4.78 is 19.1. The van der Waals surface area contributed by atoms with Crippen LogP contribution in [0, 0.1) is 5.82 Å². The highest BCUT2D eigenvalue weighted by atomic mass is 79.9. The molecule has 17 heavy (non-hydrogen) atoms. The van der Waals surface area contributed by atoms with E-state index < -0.39 is 11.7 Å². The maximum Gasteiger partial charge on any atom is 0.124 e. The summed E-state index contributed by atoms with van der Waals surface area (Å²) >= 11 is 3.29. The minimum atomic E-state index is -0.635. The van der Waals surface area contributed by atoms with E-state index in [4.69, 9.17) is 4.74 Å². The Morgan fingerprint density at radius 3 is 2.65 bits per heavy atom. The van der Waals surface area contributed by atoms with Crippen molar-refractivity contribution in [2.75, 3.05) is 6.61 Å². The Bertz CT molecular complexity index is 380. The Balaban J connectivity index is 2.77. The zero-order valence-corrected chi connectivity index (χ0v) is 11.9. The van der Waals surface area contributed by atoms with Gasteiger partial charge in [0, 0.05) is 17.5 Å². The third-order valence-corrected chi connectivity index (χ3v) is 3.49. The average molecular weight is 305 g/mol. The number of benzene rings is 1. The lowest BCUT2D eigenvalue weighted by Crippen LogP contribution is -2.40. The lowest BCUT2D eigenvalue weighted by molar-refractivity contribution is -0.0955. The molecule has 0 bridgehead atoms. The van der Waals surface area contributed by atoms with Crippen LogP contribution in [0.2, 0.25) is 0 Å². The van der Waals surface area contributed by atoms with E-state index in [0.29, 0.717) is 17.5 Å². The predicted octanol–water partition coefficient (Wildman–Crippen LogP) is 3.31. The van der Waals surface area contributed by atoms with Gasteiger partial charge in [-0.3, -0.25) is 0 Å². The minimum Gasteiger partial charge on any atom is -0.390 e. The molecular weight excluding hydrogens is 287 g/mol. The number of aliphatic hydroxyl groups is 1. The van der Waals surface area contributed by atoms with E-state index in [1.807, 2.05) is 20.8 Å². The molecule has 2 nitrogen and oxygen atoms in total. The predicted molar refractivity (Wildman–Crippen MR) is 69.5 cm³/mol. The van der Waals surface area contributed by atoms with Crippen molar-refractivity contribution in [1.29, 1.82) is 0 Å². The molecule has 0 amide bonds. The second kappa shape index (κ2) is 5.94. The van der Waals surface area contributed by atoms with E-state index in [9.17, 15) is 9.50 Å². The van der Waals surface area contributed by atoms with E-state index >= 15 is 0 Å². The van der Waals surface area contributed by atoms with Crippen LogP contribution in [0.4, 0.5) is 4.39 Å². The van der Waals surface area contributed by atoms with Gasteiger partial charge in [0.2, 0.25) is 0 Å². The monoisotopic (exact) mass is 304 g/mol. The highest BCUT2D eigenvalue weighted by molar-refractivity contribution is 9.10. The maximum atomic E-state index is 12.9. The topological polar surface area (TPSA) is 29.5 Å². The van der Waals surface area contributed by atoms with Gasteiger partial charge in [-0.25, -0.2) is 4.39 Å². The van der Waals surface area contributed by atoms with Crippen molar-refractivity contribution in [3.8, 4) is 0 Å². The largest absolute Gasteiger partial charge is 0.390 e. The lowest BCUT2D eigenvalue weighted by atomic mass is 9.95. The summed E-state index contributed by atoms with van der Waals surface area (Å²) in [4.78, 5) is 0. The highest BCUT2D eigenvalue weighted by Crippen LogP contribution is 2.24. The van der Waals surface area contributed by atoms with Crippen molar-refractivity contribution in [2.45, 2.75) is 38.9 Å². The summed E-state index contributed by atoms with van der Waals surface area (Å²) in [5.41, 5.74) is 0.259. The fraction of sp³-hybridized carbons (Fsp3) is 0.538. The molecule has 1 N–H and O–H groups in total. The number of ether oxygens (including phenoxy) is 1. The summed E-state index contributed by atoms with van der Waals surface area (Å²) in [6, 6.07) is 4.46. The standard InChI is InChI=1S/C13H18BrFO2/c1-4-17-13(2,3)12(16)7-9-5-6-10(15)8-11(9)14/h5-6,8,12,16H,4,7H2,1-3H3. The molecule has 0 aromatic heterocycles. The first kappa shape index (κ1) is 14.6. The Morgan fingerprint density at radius 1 is 1.47 bits per heavy atom. The fourth-order valence-corrected chi connectivity index (χ4v) is 2.12. The van der Waals surface area contributed by atoms with Gasteiger partial charge in [0.25, 0.3) is 0 Å². The average Bonchev–Trinajstić information content (AvgIpc) is 2.22. The molecule has 1 atom stereocenters. The molecule has 0 radical (unpaired) electrons. The number of rotatable bonds is 5. The molecule has 0 aliphatic heterocycles. The third-order valence-electron chi connectivity index (χ3n) is 2.75. The maximum absolute atomic E-state index is 12.9. The van der Waals surface area contributed by atoms with Gasteiger partial charge in [-0.05, 0) is 38.5 Å². The SMILES string of the molecule is CCOC(C)(C)C(O)Cc1ccc(F)cc1Br. The van der Waals surface area contributed by atoms with E-state index in [0.717, 1.165) is 5.56 Å². The van der Waals surface area contributed by atoms with E-state index in [2.05, 4.69) is 15.9 Å². The molecule has 96 valence electrons. The molecule has 0 heterocycles. The zero-order valence-electron chi connectivity index (χ0n) is 10.3. The summed E-state index contributed by atoms with van der Waals surface area (Å²) in [6.45, 7) is 6.13. The molecule has 0 saturated carbocycles. The van der Waals surface area contributed by atoms with Crippen LogP contribution in [0.1, 0.15) is 26.3 Å². The van der Waals surface area contributed by atoms with Crippen molar-refractivity contribution in [1.82, 2.24) is 0 Å². The number of hydrogen-bond donors (Lipinski definition) is 1. The van der Waals surface area contributed by atoms with Crippen LogP contribution in [-0.2, 0) is 11.2 Å². The van der Waals surface area contributed by atoms with Crippen molar-refractivity contribution in [3.05, 3.63) is 34.1 Å². The Kier molecular flexibility index (Phi) is 5.10. The molecular formula is C13H18BrFO2. The van der Waals surface area contributed by atoms with Crippen molar-refractivity contribution in [3.63, 3.8) is 0 Å². The molecule has 1 rings (SSSR count). The molecule has 1 aromatic carbocycles. The number of halogens is 2. The van der Waals surface area contributed by atoms with Crippen LogP contribution < -0.4 is 0 Å². The minimum absolute atomic E-state index is 0.292. The van der Waals surface area contributed by atoms with Gasteiger partial charge in [-0.2, -0.15) is 0 Å². The van der Waals surface area contributed by atoms with Crippen LogP contribution in [0.3, 0.4) is 0 Å². The molecule has 0 fully saturated rings. The van der Waals surface area contributed by atoms with Crippen LogP contribution in [0.15, 0.2) is 22.7 Å². The quantitative estimate of drug-likeness (QED) is 0.904. The third kappa shape index (κ3) is 4.05. The van der Waals surface area contributed by atoms with Gasteiger partial charge in [0.1, 0.15) is 5.82 Å². The van der Waals surface area contributed by atoms with Gasteiger partial charge in [-0.1, -0.05) is 22.0 Å². The Hall–Kier alpha value is -0.450. The smallest absolute Gasteiger partial charge is 0.124 e. The summed E-state index contributed by atoms with van der Waals surface area (Å²) in [5, 5.41) is 10.1. The van der Waals surface area contributed by atoms with Crippen LogP contribution >= 0.6 is 15.9 Å². The first-order chi connectivity index (χ1) is 7.86. The normalized spacial score (nSPS) is 13.8. The lowest BCUT2D eigenvalue weighted by Gasteiger charge is -2.30. The molecule has 0 aliphatic carbocycles. The van der Waals surface area contributed by atoms with Crippen LogP contribution in [0.25, 0.3) is 0 Å². The first-order valence-electron chi connectivity index (χ1n) is 5.62. The first-order valence-corrected chi connectivity index (χ1v) is 6.42. The fourth-order valence-electron chi connectivity index (χ4n) is 1.61. The van der Waals surface area contributed by atoms with Gasteiger partial charge in [-0.15, -0.1) is 0 Å². The summed E-state index contributed by atoms with van der Waals surface area (Å²) in [5.74, 6) is -0.292. The molecule has 0 spiro atoms. The van der Waals surface area contributed by atoms with Gasteiger partial charge >= 0.3 is 0 Å². The summed E-state index contributed by atoms with van der Waals surface area (Å²) in [7, 11) is 0. The summed E-state index contributed by atoms with van der Waals surface area (Å²) in [6.07, 6.45) is -0.211. The highest BCUT2D eigenvalue weighted by Gasteiger charge is 2.28. The van der Waals surface area contributed by atoms with Gasteiger partial charge < -0.3 is 9.84 Å².